The molecule has 0 radical (unpaired) electrons. The molecular weight excluding hydrogens is 210 g/mol. The number of amides is 1. The number of rotatable bonds is 4. The molecule has 1 rings (SSSR count). The summed E-state index contributed by atoms with van der Waals surface area (Å²) in [6, 6.07) is 7.23. The molecule has 1 aromatic rings. The highest BCUT2D eigenvalue weighted by molar-refractivity contribution is 7.83. The van der Waals surface area contributed by atoms with E-state index in [0.717, 1.165) is 5.56 Å². The summed E-state index contributed by atoms with van der Waals surface area (Å²) >= 11 is 0. The van der Waals surface area contributed by atoms with Crippen LogP contribution in [0.15, 0.2) is 24.3 Å². The Kier molecular flexibility index (Phi) is 4.49. The second-order valence-electron chi connectivity index (χ2n) is 3.28. The van der Waals surface area contributed by atoms with Crippen molar-refractivity contribution in [1.29, 1.82) is 0 Å². The highest BCUT2D eigenvalue weighted by Gasteiger charge is 2.04. The van der Waals surface area contributed by atoms with Crippen molar-refractivity contribution in [3.63, 3.8) is 0 Å². The molecule has 0 fully saturated rings. The average Bonchev–Trinajstić information content (AvgIpc) is 2.17. The first-order valence-electron chi connectivity index (χ1n) is 4.80. The predicted octanol–water partition coefficient (Wildman–Crippen LogP) is 1.31. The Balaban J connectivity index is 2.82. The zero-order valence-corrected chi connectivity index (χ0v) is 9.76. The molecule has 1 unspecified atom stereocenters. The van der Waals surface area contributed by atoms with E-state index in [0.29, 0.717) is 17.9 Å². The number of carbonyl (C=O) groups is 1. The van der Waals surface area contributed by atoms with Crippen LogP contribution in [0.1, 0.15) is 22.8 Å². The molecule has 0 aliphatic rings. The van der Waals surface area contributed by atoms with Gasteiger partial charge in [0.25, 0.3) is 5.91 Å². The van der Waals surface area contributed by atoms with E-state index >= 15 is 0 Å². The molecule has 0 spiro atoms. The first-order valence-corrected chi connectivity index (χ1v) is 6.53. The Morgan fingerprint density at radius 3 is 2.80 bits per heavy atom. The summed E-state index contributed by atoms with van der Waals surface area (Å²) in [5.41, 5.74) is 1.55. The van der Waals surface area contributed by atoms with Gasteiger partial charge in [-0.2, -0.15) is 0 Å². The third-order valence-corrected chi connectivity index (χ3v) is 2.64. The first-order chi connectivity index (χ1) is 7.13. The largest absolute Gasteiger partial charge is 0.352 e. The molecule has 15 heavy (non-hydrogen) atoms. The minimum Gasteiger partial charge on any atom is -0.352 e. The zero-order chi connectivity index (χ0) is 11.3. The summed E-state index contributed by atoms with van der Waals surface area (Å²) in [5, 5.41) is 2.73. The van der Waals surface area contributed by atoms with Gasteiger partial charge in [-0.3, -0.25) is 9.00 Å². The number of nitrogens with one attached hydrogen (secondary N) is 1. The van der Waals surface area contributed by atoms with Crippen molar-refractivity contribution in [2.45, 2.75) is 12.7 Å². The average molecular weight is 225 g/mol. The third-order valence-electron chi connectivity index (χ3n) is 1.90. The van der Waals surface area contributed by atoms with Crippen LogP contribution in [-0.4, -0.2) is 22.9 Å². The molecule has 4 heteroatoms. The maximum absolute atomic E-state index is 11.5. The molecule has 0 saturated carbocycles. The Morgan fingerprint density at radius 2 is 2.20 bits per heavy atom. The quantitative estimate of drug-likeness (QED) is 0.840. The van der Waals surface area contributed by atoms with Crippen LogP contribution in [-0.2, 0) is 16.6 Å². The predicted molar refractivity (Wildman–Crippen MR) is 62.2 cm³/mol. The van der Waals surface area contributed by atoms with E-state index in [4.69, 9.17) is 0 Å². The maximum atomic E-state index is 11.5. The number of benzene rings is 1. The van der Waals surface area contributed by atoms with Gasteiger partial charge >= 0.3 is 0 Å². The Labute approximate surface area is 92.3 Å². The van der Waals surface area contributed by atoms with E-state index < -0.39 is 10.8 Å². The van der Waals surface area contributed by atoms with Crippen LogP contribution in [0.5, 0.6) is 0 Å². The van der Waals surface area contributed by atoms with Gasteiger partial charge in [0.1, 0.15) is 0 Å². The minimum atomic E-state index is -0.873. The summed E-state index contributed by atoms with van der Waals surface area (Å²) in [5.74, 6) is 0.411. The SMILES string of the molecule is CCNC(=O)c1cccc(CS(C)=O)c1. The Bertz CT molecular complexity index is 377. The monoisotopic (exact) mass is 225 g/mol. The number of hydrogen-bond acceptors (Lipinski definition) is 2. The van der Waals surface area contributed by atoms with Gasteiger partial charge in [-0.05, 0) is 24.6 Å². The van der Waals surface area contributed by atoms with Crippen molar-refractivity contribution in [3.8, 4) is 0 Å². The highest BCUT2D eigenvalue weighted by atomic mass is 32.2. The second-order valence-corrected chi connectivity index (χ2v) is 4.71. The zero-order valence-electron chi connectivity index (χ0n) is 8.95. The van der Waals surface area contributed by atoms with Gasteiger partial charge < -0.3 is 5.32 Å². The second kappa shape index (κ2) is 5.66. The van der Waals surface area contributed by atoms with Crippen LogP contribution in [0.2, 0.25) is 0 Å². The van der Waals surface area contributed by atoms with E-state index in [1.807, 2.05) is 19.1 Å². The van der Waals surface area contributed by atoms with Gasteiger partial charge in [0.2, 0.25) is 0 Å². The summed E-state index contributed by atoms with van der Waals surface area (Å²) in [6.07, 6.45) is 1.65. The topological polar surface area (TPSA) is 46.2 Å². The molecule has 3 nitrogen and oxygen atoms in total. The Hall–Kier alpha value is -1.16. The lowest BCUT2D eigenvalue weighted by Gasteiger charge is -2.04. The molecule has 0 heterocycles. The molecule has 82 valence electrons. The van der Waals surface area contributed by atoms with E-state index in [2.05, 4.69) is 5.32 Å². The fraction of sp³-hybridized carbons (Fsp3) is 0.364. The smallest absolute Gasteiger partial charge is 0.251 e. The summed E-state index contributed by atoms with van der Waals surface area (Å²) in [4.78, 5) is 11.5. The normalized spacial score (nSPS) is 12.1. The van der Waals surface area contributed by atoms with Crippen molar-refractivity contribution < 1.29 is 9.00 Å². The lowest BCUT2D eigenvalue weighted by atomic mass is 10.1. The highest BCUT2D eigenvalue weighted by Crippen LogP contribution is 2.07. The number of carbonyl (C=O) groups excluding carboxylic acids is 1. The molecule has 1 atom stereocenters. The van der Waals surface area contributed by atoms with Crippen molar-refractivity contribution in [3.05, 3.63) is 35.4 Å². The number of hydrogen-bond donors (Lipinski definition) is 1. The van der Waals surface area contributed by atoms with Gasteiger partial charge in [-0.1, -0.05) is 12.1 Å². The lowest BCUT2D eigenvalue weighted by molar-refractivity contribution is 0.0955. The van der Waals surface area contributed by atoms with Crippen LogP contribution in [0.25, 0.3) is 0 Å². The van der Waals surface area contributed by atoms with Crippen molar-refractivity contribution in [2.24, 2.45) is 0 Å². The van der Waals surface area contributed by atoms with Crippen molar-refractivity contribution in [1.82, 2.24) is 5.32 Å². The molecule has 0 aromatic heterocycles. The van der Waals surface area contributed by atoms with Crippen molar-refractivity contribution >= 4 is 16.7 Å². The molecule has 1 amide bonds. The van der Waals surface area contributed by atoms with Crippen LogP contribution in [0.4, 0.5) is 0 Å². The molecule has 0 bridgehead atoms. The van der Waals surface area contributed by atoms with Gasteiger partial charge in [0.05, 0.1) is 0 Å². The van der Waals surface area contributed by atoms with Crippen molar-refractivity contribution in [2.75, 3.05) is 12.8 Å². The third kappa shape index (κ3) is 3.83. The lowest BCUT2D eigenvalue weighted by Crippen LogP contribution is -2.22. The van der Waals surface area contributed by atoms with Crippen LogP contribution < -0.4 is 5.32 Å². The summed E-state index contributed by atoms with van der Waals surface area (Å²) < 4.78 is 11.0. The molecule has 0 aliphatic carbocycles. The van der Waals surface area contributed by atoms with Crippen LogP contribution in [0.3, 0.4) is 0 Å². The molecule has 1 aromatic carbocycles. The molecule has 1 N–H and O–H groups in total. The summed E-state index contributed by atoms with van der Waals surface area (Å²) in [7, 11) is -0.873. The standard InChI is InChI=1S/C11H15NO2S/c1-3-12-11(13)10-6-4-5-9(7-10)8-15(2)14/h4-7H,3,8H2,1-2H3,(H,12,13). The van der Waals surface area contributed by atoms with Gasteiger partial charge in [-0.25, -0.2) is 0 Å². The molecule has 0 saturated heterocycles. The molecule has 0 aliphatic heterocycles. The van der Waals surface area contributed by atoms with E-state index in [-0.39, 0.29) is 5.91 Å². The Morgan fingerprint density at radius 1 is 1.47 bits per heavy atom. The van der Waals surface area contributed by atoms with Crippen LogP contribution >= 0.6 is 0 Å². The minimum absolute atomic E-state index is 0.0822. The van der Waals surface area contributed by atoms with Gasteiger partial charge in [0.15, 0.2) is 0 Å². The summed E-state index contributed by atoms with van der Waals surface area (Å²) in [6.45, 7) is 2.49. The van der Waals surface area contributed by atoms with E-state index in [1.54, 1.807) is 18.4 Å². The van der Waals surface area contributed by atoms with Gasteiger partial charge in [0, 0.05) is 34.9 Å². The first kappa shape index (κ1) is 11.9. The fourth-order valence-electron chi connectivity index (χ4n) is 1.30. The van der Waals surface area contributed by atoms with E-state index in [9.17, 15) is 9.00 Å². The van der Waals surface area contributed by atoms with Gasteiger partial charge in [-0.15, -0.1) is 0 Å². The van der Waals surface area contributed by atoms with E-state index in [1.165, 1.54) is 0 Å². The molecular formula is C11H15NO2S. The van der Waals surface area contributed by atoms with Crippen LogP contribution in [0, 0.1) is 0 Å². The maximum Gasteiger partial charge on any atom is 0.251 e. The fourth-order valence-corrected chi connectivity index (χ4v) is 1.95.